The minimum atomic E-state index is 1.26. The third kappa shape index (κ3) is 1.22. The summed E-state index contributed by atoms with van der Waals surface area (Å²) in [7, 11) is 0. The van der Waals surface area contributed by atoms with Gasteiger partial charge in [-0.2, -0.15) is 0 Å². The Balaban J connectivity index is 2.34. The molecule has 0 aliphatic heterocycles. The topological polar surface area (TPSA) is 12.9 Å². The van der Waals surface area contributed by atoms with E-state index in [0.29, 0.717) is 0 Å². The predicted molar refractivity (Wildman–Crippen MR) is 74.6 cm³/mol. The van der Waals surface area contributed by atoms with Crippen molar-refractivity contribution in [2.45, 2.75) is 0 Å². The van der Waals surface area contributed by atoms with Crippen LogP contribution < -0.4 is 0 Å². The maximum Gasteiger partial charge on any atom is 0.0449 e. The quantitative estimate of drug-likeness (QED) is 0.434. The number of benzene rings is 2. The van der Waals surface area contributed by atoms with Crippen LogP contribution in [0.1, 0.15) is 0 Å². The summed E-state index contributed by atoms with van der Waals surface area (Å²) in [6.07, 6.45) is 3.81. The van der Waals surface area contributed by atoms with Crippen LogP contribution in [0.25, 0.3) is 30.9 Å². The minimum Gasteiger partial charge on any atom is -0.264 e. The van der Waals surface area contributed by atoms with Crippen molar-refractivity contribution in [2.75, 3.05) is 0 Å². The second kappa shape index (κ2) is 3.28. The van der Waals surface area contributed by atoms with E-state index in [1.54, 1.807) is 0 Å². The fourth-order valence-electron chi connectivity index (χ4n) is 2.34. The Hall–Kier alpha value is -1.93. The summed E-state index contributed by atoms with van der Waals surface area (Å²) < 4.78 is 2.69. The van der Waals surface area contributed by atoms with Gasteiger partial charge < -0.3 is 0 Å². The third-order valence-corrected chi connectivity index (χ3v) is 4.38. The minimum absolute atomic E-state index is 1.26. The van der Waals surface area contributed by atoms with Gasteiger partial charge in [-0.3, -0.25) is 4.98 Å². The predicted octanol–water partition coefficient (Wildman–Crippen LogP) is 4.60. The Morgan fingerprint density at radius 2 is 1.76 bits per heavy atom. The molecule has 0 fully saturated rings. The summed E-state index contributed by atoms with van der Waals surface area (Å²) in [5.41, 5.74) is 0. The maximum absolute atomic E-state index is 4.24. The van der Waals surface area contributed by atoms with Crippen LogP contribution in [0.15, 0.2) is 54.9 Å². The molecule has 2 heterocycles. The van der Waals surface area contributed by atoms with Crippen LogP contribution in [-0.2, 0) is 0 Å². The van der Waals surface area contributed by atoms with Crippen LogP contribution in [0, 0.1) is 0 Å². The molecule has 0 saturated heterocycles. The molecule has 2 aromatic heterocycles. The van der Waals surface area contributed by atoms with Gasteiger partial charge in [0.2, 0.25) is 0 Å². The van der Waals surface area contributed by atoms with E-state index in [-0.39, 0.29) is 0 Å². The number of nitrogens with zero attached hydrogens (tertiary/aromatic N) is 1. The number of fused-ring (bicyclic) bond motifs is 5. The first-order chi connectivity index (χ1) is 8.43. The van der Waals surface area contributed by atoms with Gasteiger partial charge in [0, 0.05) is 38.0 Å². The van der Waals surface area contributed by atoms with Gasteiger partial charge in [-0.05, 0) is 17.5 Å². The zero-order chi connectivity index (χ0) is 11.2. The molecule has 0 atom stereocenters. The molecule has 0 bridgehead atoms. The van der Waals surface area contributed by atoms with Crippen LogP contribution in [0.2, 0.25) is 0 Å². The van der Waals surface area contributed by atoms with Crippen molar-refractivity contribution in [1.29, 1.82) is 0 Å². The number of hydrogen-bond acceptors (Lipinski definition) is 2. The van der Waals surface area contributed by atoms with Crippen molar-refractivity contribution in [3.8, 4) is 0 Å². The number of aromatic nitrogens is 1. The molecule has 0 radical (unpaired) electrons. The van der Waals surface area contributed by atoms with E-state index in [9.17, 15) is 0 Å². The normalized spacial score (nSPS) is 11.5. The maximum atomic E-state index is 4.24. The smallest absolute Gasteiger partial charge is 0.0449 e. The summed E-state index contributed by atoms with van der Waals surface area (Å²) in [4.78, 5) is 4.24. The second-order valence-electron chi connectivity index (χ2n) is 4.14. The lowest BCUT2D eigenvalue weighted by Gasteiger charge is -1.97. The highest BCUT2D eigenvalue weighted by atomic mass is 32.1. The van der Waals surface area contributed by atoms with Gasteiger partial charge in [-0.25, -0.2) is 0 Å². The highest BCUT2D eigenvalue weighted by Gasteiger charge is 2.07. The van der Waals surface area contributed by atoms with Crippen LogP contribution in [0.5, 0.6) is 0 Å². The van der Waals surface area contributed by atoms with Gasteiger partial charge in [0.1, 0.15) is 0 Å². The molecule has 0 N–H and O–H groups in total. The Kier molecular flexibility index (Phi) is 1.76. The molecule has 0 unspecified atom stereocenters. The zero-order valence-electron chi connectivity index (χ0n) is 9.05. The van der Waals surface area contributed by atoms with Crippen molar-refractivity contribution in [3.63, 3.8) is 0 Å². The van der Waals surface area contributed by atoms with Crippen LogP contribution in [0.4, 0.5) is 0 Å². The summed E-state index contributed by atoms with van der Waals surface area (Å²) in [6, 6.07) is 15.0. The lowest BCUT2D eigenvalue weighted by Crippen LogP contribution is -1.74. The van der Waals surface area contributed by atoms with Crippen molar-refractivity contribution in [2.24, 2.45) is 0 Å². The average molecular weight is 235 g/mol. The molecular weight excluding hydrogens is 226 g/mol. The van der Waals surface area contributed by atoms with E-state index in [2.05, 4.69) is 47.4 Å². The largest absolute Gasteiger partial charge is 0.264 e. The fourth-order valence-corrected chi connectivity index (χ4v) is 3.57. The molecule has 0 aliphatic carbocycles. The first-order valence-corrected chi connectivity index (χ1v) is 6.39. The summed E-state index contributed by atoms with van der Waals surface area (Å²) >= 11 is 1.85. The standard InChI is InChI=1S/C15H9NS/c1-2-4-14-11(3-1)12-6-5-10-7-8-16-9-13(10)15(12)17-14/h1-9H. The van der Waals surface area contributed by atoms with Crippen molar-refractivity contribution < 1.29 is 0 Å². The van der Waals surface area contributed by atoms with E-state index in [4.69, 9.17) is 0 Å². The number of pyridine rings is 1. The first kappa shape index (κ1) is 9.14. The van der Waals surface area contributed by atoms with Crippen molar-refractivity contribution in [3.05, 3.63) is 54.9 Å². The van der Waals surface area contributed by atoms with Gasteiger partial charge >= 0.3 is 0 Å². The van der Waals surface area contributed by atoms with Gasteiger partial charge in [0.15, 0.2) is 0 Å². The van der Waals surface area contributed by atoms with Gasteiger partial charge in [-0.1, -0.05) is 30.3 Å². The molecule has 17 heavy (non-hydrogen) atoms. The molecule has 1 nitrogen and oxygen atoms in total. The van der Waals surface area contributed by atoms with Crippen molar-refractivity contribution in [1.82, 2.24) is 4.98 Å². The van der Waals surface area contributed by atoms with Crippen LogP contribution in [0.3, 0.4) is 0 Å². The van der Waals surface area contributed by atoms with E-state index in [1.165, 1.54) is 30.9 Å². The first-order valence-electron chi connectivity index (χ1n) is 5.57. The van der Waals surface area contributed by atoms with Crippen molar-refractivity contribution >= 4 is 42.3 Å². The fraction of sp³-hybridized carbons (Fsp3) is 0. The SMILES string of the molecule is c1ccc2c(c1)sc1c3cnccc3ccc21. The summed E-state index contributed by atoms with van der Waals surface area (Å²) in [5.74, 6) is 0. The molecular formula is C15H9NS. The van der Waals surface area contributed by atoms with Crippen LogP contribution in [-0.4, -0.2) is 4.98 Å². The third-order valence-electron chi connectivity index (χ3n) is 3.16. The molecule has 0 amide bonds. The number of thiophene rings is 1. The van der Waals surface area contributed by atoms with Gasteiger partial charge in [-0.15, -0.1) is 11.3 Å². The Morgan fingerprint density at radius 1 is 0.824 bits per heavy atom. The molecule has 4 rings (SSSR count). The Labute approximate surface area is 102 Å². The molecule has 2 heteroatoms. The zero-order valence-corrected chi connectivity index (χ0v) is 9.87. The number of rotatable bonds is 0. The van der Waals surface area contributed by atoms with Gasteiger partial charge in [0.25, 0.3) is 0 Å². The van der Waals surface area contributed by atoms with E-state index < -0.39 is 0 Å². The molecule has 0 saturated carbocycles. The Bertz CT molecular complexity index is 845. The number of hydrogen-bond donors (Lipinski definition) is 0. The van der Waals surface area contributed by atoms with E-state index in [1.807, 2.05) is 23.7 Å². The molecule has 4 aromatic rings. The molecule has 0 aliphatic rings. The highest BCUT2D eigenvalue weighted by molar-refractivity contribution is 7.26. The average Bonchev–Trinajstić information content (AvgIpc) is 2.78. The molecule has 2 aromatic carbocycles. The van der Waals surface area contributed by atoms with Gasteiger partial charge in [0.05, 0.1) is 0 Å². The van der Waals surface area contributed by atoms with E-state index in [0.717, 1.165) is 0 Å². The second-order valence-corrected chi connectivity index (χ2v) is 5.19. The van der Waals surface area contributed by atoms with E-state index >= 15 is 0 Å². The monoisotopic (exact) mass is 235 g/mol. The summed E-state index contributed by atoms with van der Waals surface area (Å²) in [6.45, 7) is 0. The molecule has 0 spiro atoms. The lowest BCUT2D eigenvalue weighted by molar-refractivity contribution is 1.37. The molecule has 80 valence electrons. The highest BCUT2D eigenvalue weighted by Crippen LogP contribution is 2.37. The van der Waals surface area contributed by atoms with Crippen LogP contribution >= 0.6 is 11.3 Å². The Morgan fingerprint density at radius 3 is 2.76 bits per heavy atom. The summed E-state index contributed by atoms with van der Waals surface area (Å²) in [5, 5.41) is 5.20. The lowest BCUT2D eigenvalue weighted by atomic mass is 10.1.